The lowest BCUT2D eigenvalue weighted by atomic mass is 9.92. The van der Waals surface area contributed by atoms with Crippen molar-refractivity contribution in [3.8, 4) is 45.6 Å². The van der Waals surface area contributed by atoms with Crippen molar-refractivity contribution < 1.29 is 38.0 Å². The Morgan fingerprint density at radius 2 is 0.794 bits per heavy atom. The van der Waals surface area contributed by atoms with Gasteiger partial charge < -0.3 is 28.4 Å². The molecular formula is C26H34O8. The van der Waals surface area contributed by atoms with Gasteiger partial charge in [-0.05, 0) is 53.7 Å². The SMILES string of the molecule is CCOc1cc(C=O)c(-c2c(C=O)cc(OCC)c(OCC)c2OCC)c(OCC)c1OCC. The molecule has 2 aromatic rings. The molecule has 186 valence electrons. The normalized spacial score (nSPS) is 10.4. The van der Waals surface area contributed by atoms with Gasteiger partial charge in [-0.25, -0.2) is 0 Å². The summed E-state index contributed by atoms with van der Waals surface area (Å²) in [7, 11) is 0. The van der Waals surface area contributed by atoms with Crippen LogP contribution in [0, 0.1) is 0 Å². The Balaban J connectivity index is 3.11. The minimum absolute atomic E-state index is 0.256. The van der Waals surface area contributed by atoms with E-state index in [1.54, 1.807) is 12.1 Å². The standard InChI is InChI=1S/C26H34O8/c1-7-29-19-13-17(15-27)21(25(33-11-5)23(19)31-9-3)22-18(16-28)14-20(30-8-2)24(32-10-4)26(22)34-12-6/h13-16H,7-12H2,1-6H3. The number of rotatable bonds is 15. The molecule has 0 N–H and O–H groups in total. The largest absolute Gasteiger partial charge is 0.490 e. The summed E-state index contributed by atoms with van der Waals surface area (Å²) in [5.74, 6) is 2.01. The summed E-state index contributed by atoms with van der Waals surface area (Å²) in [5, 5.41) is 0. The second kappa shape index (κ2) is 13.3. The summed E-state index contributed by atoms with van der Waals surface area (Å²) in [6.07, 6.45) is 1.38. The van der Waals surface area contributed by atoms with Crippen LogP contribution in [-0.4, -0.2) is 52.2 Å². The first kappa shape index (κ1) is 26.8. The van der Waals surface area contributed by atoms with Gasteiger partial charge in [0.2, 0.25) is 11.5 Å². The maximum absolute atomic E-state index is 12.3. The molecule has 0 unspecified atom stereocenters. The molecule has 0 saturated heterocycles. The highest BCUT2D eigenvalue weighted by molar-refractivity contribution is 6.02. The van der Waals surface area contributed by atoms with E-state index in [-0.39, 0.29) is 35.8 Å². The molecule has 0 amide bonds. The summed E-state index contributed by atoms with van der Waals surface area (Å²) in [6.45, 7) is 13.0. The zero-order valence-electron chi connectivity index (χ0n) is 20.8. The Labute approximate surface area is 201 Å². The lowest BCUT2D eigenvalue weighted by Crippen LogP contribution is -2.09. The Kier molecular flexibility index (Phi) is 10.5. The first-order chi connectivity index (χ1) is 16.6. The molecular weight excluding hydrogens is 440 g/mol. The number of benzene rings is 2. The molecule has 0 aliphatic carbocycles. The smallest absolute Gasteiger partial charge is 0.204 e. The molecule has 0 aliphatic heterocycles. The van der Waals surface area contributed by atoms with Gasteiger partial charge in [0.05, 0.1) is 39.6 Å². The molecule has 34 heavy (non-hydrogen) atoms. The Morgan fingerprint density at radius 1 is 0.500 bits per heavy atom. The summed E-state index contributed by atoms with van der Waals surface area (Å²) in [5.41, 5.74) is 1.23. The van der Waals surface area contributed by atoms with E-state index in [1.165, 1.54) is 0 Å². The number of hydrogen-bond acceptors (Lipinski definition) is 8. The average Bonchev–Trinajstić information content (AvgIpc) is 2.83. The van der Waals surface area contributed by atoms with Crippen LogP contribution in [0.1, 0.15) is 62.3 Å². The van der Waals surface area contributed by atoms with Crippen molar-refractivity contribution in [1.29, 1.82) is 0 Å². The minimum Gasteiger partial charge on any atom is -0.490 e. The van der Waals surface area contributed by atoms with Crippen molar-refractivity contribution >= 4 is 12.6 Å². The zero-order valence-corrected chi connectivity index (χ0v) is 20.8. The molecule has 0 heterocycles. The van der Waals surface area contributed by atoms with Crippen LogP contribution in [0.15, 0.2) is 12.1 Å². The Hall–Kier alpha value is -3.42. The summed E-state index contributed by atoms with van der Waals surface area (Å²) in [4.78, 5) is 24.6. The highest BCUT2D eigenvalue weighted by atomic mass is 16.5. The fourth-order valence-corrected chi connectivity index (χ4v) is 3.62. The maximum Gasteiger partial charge on any atom is 0.204 e. The predicted molar refractivity (Wildman–Crippen MR) is 130 cm³/mol. The quantitative estimate of drug-likeness (QED) is 0.318. The molecule has 0 fully saturated rings. The van der Waals surface area contributed by atoms with E-state index < -0.39 is 0 Å². The van der Waals surface area contributed by atoms with Crippen LogP contribution in [0.25, 0.3) is 11.1 Å². The van der Waals surface area contributed by atoms with E-state index in [2.05, 4.69) is 0 Å². The molecule has 0 spiro atoms. The van der Waals surface area contributed by atoms with Crippen LogP contribution in [0.5, 0.6) is 34.5 Å². The molecule has 8 nitrogen and oxygen atoms in total. The van der Waals surface area contributed by atoms with Gasteiger partial charge in [-0.3, -0.25) is 9.59 Å². The number of carbonyl (C=O) groups is 2. The average molecular weight is 475 g/mol. The maximum atomic E-state index is 12.3. The molecule has 8 heteroatoms. The van der Waals surface area contributed by atoms with Gasteiger partial charge in [-0.2, -0.15) is 0 Å². The monoisotopic (exact) mass is 474 g/mol. The molecule has 0 saturated carbocycles. The van der Waals surface area contributed by atoms with Crippen molar-refractivity contribution in [2.24, 2.45) is 0 Å². The van der Waals surface area contributed by atoms with Gasteiger partial charge in [0.15, 0.2) is 35.6 Å². The number of ether oxygens (including phenoxy) is 6. The Bertz CT molecular complexity index is 904. The third-order valence-electron chi connectivity index (χ3n) is 4.72. The van der Waals surface area contributed by atoms with Crippen LogP contribution in [0.2, 0.25) is 0 Å². The molecule has 0 aliphatic rings. The first-order valence-electron chi connectivity index (χ1n) is 11.7. The van der Waals surface area contributed by atoms with Crippen LogP contribution >= 0.6 is 0 Å². The van der Waals surface area contributed by atoms with Crippen molar-refractivity contribution in [3.05, 3.63) is 23.3 Å². The molecule has 0 aromatic heterocycles. The summed E-state index contributed by atoms with van der Waals surface area (Å²) in [6, 6.07) is 3.17. The highest BCUT2D eigenvalue weighted by Gasteiger charge is 2.30. The van der Waals surface area contributed by atoms with Crippen molar-refractivity contribution in [2.45, 2.75) is 41.5 Å². The molecule has 0 bridgehead atoms. The number of aldehydes is 2. The Morgan fingerprint density at radius 3 is 1.06 bits per heavy atom. The lowest BCUT2D eigenvalue weighted by Gasteiger charge is -2.24. The zero-order chi connectivity index (χ0) is 25.1. The van der Waals surface area contributed by atoms with Crippen molar-refractivity contribution in [3.63, 3.8) is 0 Å². The topological polar surface area (TPSA) is 89.5 Å². The predicted octanol–water partition coefficient (Wildman–Crippen LogP) is 5.37. The second-order valence-corrected chi connectivity index (χ2v) is 6.83. The molecule has 2 rings (SSSR count). The first-order valence-corrected chi connectivity index (χ1v) is 11.7. The summed E-state index contributed by atoms with van der Waals surface area (Å²) < 4.78 is 35.3. The van der Waals surface area contributed by atoms with Crippen LogP contribution in [-0.2, 0) is 0 Å². The fraction of sp³-hybridized carbons (Fsp3) is 0.462. The van der Waals surface area contributed by atoms with E-state index in [0.717, 1.165) is 0 Å². The van der Waals surface area contributed by atoms with Crippen LogP contribution < -0.4 is 28.4 Å². The van der Waals surface area contributed by atoms with Crippen LogP contribution in [0.4, 0.5) is 0 Å². The van der Waals surface area contributed by atoms with Gasteiger partial charge in [0, 0.05) is 22.3 Å². The minimum atomic E-state index is 0.256. The van der Waals surface area contributed by atoms with E-state index >= 15 is 0 Å². The molecule has 0 atom stereocenters. The van der Waals surface area contributed by atoms with Gasteiger partial charge >= 0.3 is 0 Å². The fourth-order valence-electron chi connectivity index (χ4n) is 3.62. The number of hydrogen-bond donors (Lipinski definition) is 0. The van der Waals surface area contributed by atoms with Crippen molar-refractivity contribution in [1.82, 2.24) is 0 Å². The van der Waals surface area contributed by atoms with Gasteiger partial charge in [0.1, 0.15) is 0 Å². The van der Waals surface area contributed by atoms with Gasteiger partial charge in [-0.1, -0.05) is 0 Å². The second-order valence-electron chi connectivity index (χ2n) is 6.83. The van der Waals surface area contributed by atoms with E-state index in [9.17, 15) is 9.59 Å². The summed E-state index contributed by atoms with van der Waals surface area (Å²) >= 11 is 0. The molecule has 2 aromatic carbocycles. The van der Waals surface area contributed by atoms with Crippen LogP contribution in [0.3, 0.4) is 0 Å². The van der Waals surface area contributed by atoms with Gasteiger partial charge in [-0.15, -0.1) is 0 Å². The molecule has 0 radical (unpaired) electrons. The lowest BCUT2D eigenvalue weighted by molar-refractivity contribution is 0.111. The van der Waals surface area contributed by atoms with Crippen molar-refractivity contribution in [2.75, 3.05) is 39.6 Å². The highest BCUT2D eigenvalue weighted by Crippen LogP contribution is 2.54. The van der Waals surface area contributed by atoms with E-state index in [0.29, 0.717) is 73.1 Å². The third kappa shape index (κ3) is 5.55. The van der Waals surface area contributed by atoms with Gasteiger partial charge in [0.25, 0.3) is 0 Å². The third-order valence-corrected chi connectivity index (χ3v) is 4.72. The van der Waals surface area contributed by atoms with E-state index in [1.807, 2.05) is 41.5 Å². The number of carbonyl (C=O) groups excluding carboxylic acids is 2. The van der Waals surface area contributed by atoms with E-state index in [4.69, 9.17) is 28.4 Å².